The smallest absolute Gasteiger partial charge is 0.255 e. The van der Waals surface area contributed by atoms with E-state index in [4.69, 9.17) is 14.6 Å². The van der Waals surface area contributed by atoms with Crippen molar-refractivity contribution in [1.82, 2.24) is 9.78 Å². The van der Waals surface area contributed by atoms with E-state index in [9.17, 15) is 4.79 Å². The molecule has 2 fully saturated rings. The van der Waals surface area contributed by atoms with E-state index in [0.717, 1.165) is 53.6 Å². The second kappa shape index (κ2) is 9.77. The maximum atomic E-state index is 13.3. The van der Waals surface area contributed by atoms with Gasteiger partial charge in [0.2, 0.25) is 0 Å². The number of anilines is 2. The number of hydrogen-bond acceptors (Lipinski definition) is 5. The summed E-state index contributed by atoms with van der Waals surface area (Å²) in [5, 5.41) is 9.27. The van der Waals surface area contributed by atoms with Gasteiger partial charge in [0.25, 0.3) is 5.91 Å². The van der Waals surface area contributed by atoms with Crippen molar-refractivity contribution in [3.63, 3.8) is 0 Å². The van der Waals surface area contributed by atoms with Crippen LogP contribution in [-0.2, 0) is 4.74 Å². The average Bonchev–Trinajstić information content (AvgIpc) is 3.53. The third-order valence-corrected chi connectivity index (χ3v) is 8.23. The monoisotopic (exact) mass is 488 g/mol. The molecule has 3 heterocycles. The van der Waals surface area contributed by atoms with Crippen LogP contribution in [0.4, 0.5) is 11.4 Å². The highest BCUT2D eigenvalue weighted by Crippen LogP contribution is 2.38. The Morgan fingerprint density at radius 1 is 1.06 bits per heavy atom. The number of fused-ring (bicyclic) bond motifs is 7. The lowest BCUT2D eigenvalue weighted by Gasteiger charge is -2.30. The fraction of sp³-hybridized carbons (Fsp3) is 0.517. The third-order valence-electron chi connectivity index (χ3n) is 8.23. The minimum atomic E-state index is -0.135. The molecule has 4 bridgehead atoms. The number of ether oxygens (including phenoxy) is 2. The molecule has 0 radical (unpaired) electrons. The Labute approximate surface area is 212 Å². The lowest BCUT2D eigenvalue weighted by atomic mass is 9.80. The highest BCUT2D eigenvalue weighted by atomic mass is 16.5. The summed E-state index contributed by atoms with van der Waals surface area (Å²) in [4.78, 5) is 15.6. The summed E-state index contributed by atoms with van der Waals surface area (Å²) in [6, 6.07) is 12.0. The molecule has 1 saturated carbocycles. The molecule has 1 amide bonds. The van der Waals surface area contributed by atoms with Gasteiger partial charge in [0.1, 0.15) is 12.4 Å². The Kier molecular flexibility index (Phi) is 6.34. The second-order valence-corrected chi connectivity index (χ2v) is 10.9. The third kappa shape index (κ3) is 4.69. The van der Waals surface area contributed by atoms with Crippen LogP contribution >= 0.6 is 0 Å². The van der Waals surface area contributed by atoms with E-state index < -0.39 is 0 Å². The fourth-order valence-corrected chi connectivity index (χ4v) is 6.04. The number of benzene rings is 2. The zero-order chi connectivity index (χ0) is 24.6. The van der Waals surface area contributed by atoms with Gasteiger partial charge in [-0.05, 0) is 74.3 Å². The molecular weight excluding hydrogens is 452 g/mol. The van der Waals surface area contributed by atoms with Crippen LogP contribution in [0.2, 0.25) is 0 Å². The highest BCUT2D eigenvalue weighted by molar-refractivity contribution is 6.07. The molecule has 1 N–H and O–H groups in total. The van der Waals surface area contributed by atoms with Crippen LogP contribution < -0.4 is 15.0 Å². The normalized spacial score (nSPS) is 24.8. The van der Waals surface area contributed by atoms with Gasteiger partial charge in [-0.25, -0.2) is 0 Å². The maximum Gasteiger partial charge on any atom is 0.255 e. The number of aromatic nitrogens is 2. The summed E-state index contributed by atoms with van der Waals surface area (Å²) < 4.78 is 14.1. The van der Waals surface area contributed by atoms with E-state index in [-0.39, 0.29) is 12.0 Å². The average molecular weight is 489 g/mol. The molecule has 1 saturated heterocycles. The molecule has 0 unspecified atom stereocenters. The molecule has 2 aromatic carbocycles. The number of amides is 1. The van der Waals surface area contributed by atoms with Crippen LogP contribution in [0, 0.1) is 11.8 Å². The van der Waals surface area contributed by atoms with Crippen molar-refractivity contribution in [2.24, 2.45) is 11.8 Å². The molecule has 7 heteroatoms. The maximum absolute atomic E-state index is 13.3. The second-order valence-electron chi connectivity index (χ2n) is 10.9. The van der Waals surface area contributed by atoms with E-state index in [1.165, 1.54) is 25.7 Å². The Morgan fingerprint density at radius 2 is 1.92 bits per heavy atom. The fourth-order valence-electron chi connectivity index (χ4n) is 6.04. The Balaban J connectivity index is 1.34. The first kappa shape index (κ1) is 23.3. The lowest BCUT2D eigenvalue weighted by Crippen LogP contribution is -2.26. The van der Waals surface area contributed by atoms with Gasteiger partial charge in [-0.3, -0.25) is 9.48 Å². The predicted octanol–water partition coefficient (Wildman–Crippen LogP) is 5.66. The number of nitrogens with one attached hydrogen (secondary N) is 1. The molecule has 190 valence electrons. The van der Waals surface area contributed by atoms with Gasteiger partial charge in [0.15, 0.2) is 0 Å². The molecule has 1 aliphatic carbocycles. The van der Waals surface area contributed by atoms with Crippen LogP contribution in [0.25, 0.3) is 10.9 Å². The molecule has 3 aromatic rings. The first-order valence-electron chi connectivity index (χ1n) is 13.5. The summed E-state index contributed by atoms with van der Waals surface area (Å²) in [6.07, 6.45) is 8.15. The number of carbonyl (C=O) groups excluding carboxylic acids is 1. The Morgan fingerprint density at radius 3 is 2.75 bits per heavy atom. The van der Waals surface area contributed by atoms with Crippen LogP contribution in [0.5, 0.6) is 5.75 Å². The largest absolute Gasteiger partial charge is 0.491 e. The minimum absolute atomic E-state index is 0.135. The van der Waals surface area contributed by atoms with Crippen LogP contribution in [0.1, 0.15) is 62.4 Å². The van der Waals surface area contributed by atoms with Crippen molar-refractivity contribution in [2.75, 3.05) is 36.5 Å². The summed E-state index contributed by atoms with van der Waals surface area (Å²) in [5.74, 6) is 2.12. The highest BCUT2D eigenvalue weighted by Gasteiger charge is 2.28. The number of nitrogens with zero attached hydrogens (tertiary/aromatic N) is 3. The van der Waals surface area contributed by atoms with E-state index in [2.05, 4.69) is 47.1 Å². The summed E-state index contributed by atoms with van der Waals surface area (Å²) >= 11 is 0. The number of rotatable bonds is 2. The van der Waals surface area contributed by atoms with E-state index in [1.807, 2.05) is 18.2 Å². The predicted molar refractivity (Wildman–Crippen MR) is 142 cm³/mol. The molecule has 36 heavy (non-hydrogen) atoms. The summed E-state index contributed by atoms with van der Waals surface area (Å²) in [5.41, 5.74) is 3.39. The minimum Gasteiger partial charge on any atom is -0.491 e. The quantitative estimate of drug-likeness (QED) is 0.504. The van der Waals surface area contributed by atoms with E-state index >= 15 is 0 Å². The molecule has 2 aliphatic heterocycles. The van der Waals surface area contributed by atoms with Crippen molar-refractivity contribution < 1.29 is 14.3 Å². The van der Waals surface area contributed by atoms with Gasteiger partial charge in [0, 0.05) is 30.2 Å². The van der Waals surface area contributed by atoms with Crippen molar-refractivity contribution in [3.8, 4) is 5.75 Å². The first-order valence-corrected chi connectivity index (χ1v) is 13.5. The zero-order valence-corrected chi connectivity index (χ0v) is 21.3. The van der Waals surface area contributed by atoms with E-state index in [0.29, 0.717) is 30.6 Å². The van der Waals surface area contributed by atoms with Crippen LogP contribution in [-0.4, -0.2) is 48.1 Å². The van der Waals surface area contributed by atoms with Gasteiger partial charge in [-0.15, -0.1) is 0 Å². The molecule has 7 nitrogen and oxygen atoms in total. The van der Waals surface area contributed by atoms with Gasteiger partial charge < -0.3 is 19.7 Å². The number of carbonyl (C=O) groups is 1. The first-order chi connectivity index (χ1) is 17.5. The summed E-state index contributed by atoms with van der Waals surface area (Å²) in [7, 11) is 0. The number of hydrogen-bond donors (Lipinski definition) is 1. The van der Waals surface area contributed by atoms with Gasteiger partial charge >= 0.3 is 0 Å². The van der Waals surface area contributed by atoms with E-state index in [1.54, 1.807) is 6.07 Å². The van der Waals surface area contributed by atoms with Crippen molar-refractivity contribution in [2.45, 2.75) is 58.1 Å². The molecule has 0 spiro atoms. The van der Waals surface area contributed by atoms with Crippen molar-refractivity contribution >= 4 is 28.2 Å². The zero-order valence-electron chi connectivity index (χ0n) is 21.3. The van der Waals surface area contributed by atoms with Crippen LogP contribution in [0.3, 0.4) is 0 Å². The SMILES string of the molecule is CC(C)[C@H]1CC[C@H](n2cc3cc4c(cc3n2)N2CC[C@H](C2)OCCOc2cccc(c2)C(=O)N4)CC1. The molecule has 1 aromatic heterocycles. The topological polar surface area (TPSA) is 68.6 Å². The molecule has 6 rings (SSSR count). The van der Waals surface area contributed by atoms with Gasteiger partial charge in [-0.2, -0.15) is 5.10 Å². The van der Waals surface area contributed by atoms with Crippen molar-refractivity contribution in [3.05, 3.63) is 48.2 Å². The van der Waals surface area contributed by atoms with Crippen molar-refractivity contribution in [1.29, 1.82) is 0 Å². The summed E-state index contributed by atoms with van der Waals surface area (Å²) in [6.45, 7) is 7.35. The lowest BCUT2D eigenvalue weighted by molar-refractivity contribution is 0.0465. The molecule has 3 aliphatic rings. The van der Waals surface area contributed by atoms with Gasteiger partial charge in [0.05, 0.1) is 35.6 Å². The Bertz CT molecular complexity index is 1240. The molecule has 1 atom stereocenters. The van der Waals surface area contributed by atoms with Crippen LogP contribution in [0.15, 0.2) is 42.6 Å². The molecular formula is C29H36N4O3. The standard InChI is InChI=1S/C29H36N4O3/c1-19(2)20-6-8-23(9-7-20)33-17-22-15-27-28(16-26(22)31-33)32-11-10-25(18-32)36-13-12-35-24-5-3-4-21(14-24)29(34)30-27/h3-5,14-17,19-20,23,25H,6-13,18H2,1-2H3,(H,30,34)/t20-,23-,25-/m1/s1. The Hall–Kier alpha value is -3.06. The van der Waals surface area contributed by atoms with Gasteiger partial charge in [-0.1, -0.05) is 19.9 Å².